The van der Waals surface area contributed by atoms with Crippen molar-refractivity contribution in [3.8, 4) is 0 Å². The lowest BCUT2D eigenvalue weighted by molar-refractivity contribution is -0.130. The zero-order valence-electron chi connectivity index (χ0n) is 14.4. The summed E-state index contributed by atoms with van der Waals surface area (Å²) in [5.74, 6) is 0.272. The van der Waals surface area contributed by atoms with Crippen molar-refractivity contribution < 1.29 is 9.59 Å². The Balaban J connectivity index is 1.48. The molecule has 2 aliphatic rings. The van der Waals surface area contributed by atoms with Gasteiger partial charge in [0.05, 0.1) is 6.54 Å². The Morgan fingerprint density at radius 1 is 1.25 bits per heavy atom. The summed E-state index contributed by atoms with van der Waals surface area (Å²) in [6.07, 6.45) is 5.26. The Hall–Kier alpha value is -1.40. The summed E-state index contributed by atoms with van der Waals surface area (Å²) in [6, 6.07) is 2.74. The lowest BCUT2D eigenvalue weighted by Crippen LogP contribution is -2.50. The summed E-state index contributed by atoms with van der Waals surface area (Å²) < 4.78 is 0. The van der Waals surface area contributed by atoms with Gasteiger partial charge in [0.1, 0.15) is 0 Å². The number of thiophene rings is 1. The van der Waals surface area contributed by atoms with Crippen LogP contribution in [-0.4, -0.2) is 59.9 Å². The Kier molecular flexibility index (Phi) is 5.89. The van der Waals surface area contributed by atoms with Crippen LogP contribution in [0.2, 0.25) is 0 Å². The number of likely N-dealkylation sites (tertiary alicyclic amines) is 2. The second kappa shape index (κ2) is 8.12. The van der Waals surface area contributed by atoms with Gasteiger partial charge in [-0.3, -0.25) is 14.5 Å². The highest BCUT2D eigenvalue weighted by molar-refractivity contribution is 7.07. The van der Waals surface area contributed by atoms with E-state index in [0.29, 0.717) is 25.2 Å². The molecule has 6 heteroatoms. The van der Waals surface area contributed by atoms with Crippen molar-refractivity contribution in [2.75, 3.05) is 26.2 Å². The van der Waals surface area contributed by atoms with Crippen LogP contribution in [0.5, 0.6) is 0 Å². The highest BCUT2D eigenvalue weighted by atomic mass is 32.1. The van der Waals surface area contributed by atoms with E-state index in [9.17, 15) is 9.59 Å². The maximum Gasteiger partial charge on any atom is 0.234 e. The quantitative estimate of drug-likeness (QED) is 0.853. The summed E-state index contributed by atoms with van der Waals surface area (Å²) in [7, 11) is 0. The van der Waals surface area contributed by atoms with Crippen LogP contribution in [-0.2, 0) is 16.0 Å². The topological polar surface area (TPSA) is 52.7 Å². The highest BCUT2D eigenvalue weighted by Gasteiger charge is 2.39. The molecule has 3 rings (SSSR count). The Labute approximate surface area is 148 Å². The van der Waals surface area contributed by atoms with Gasteiger partial charge in [0, 0.05) is 32.1 Å². The fraction of sp³-hybridized carbons (Fsp3) is 0.667. The van der Waals surface area contributed by atoms with E-state index in [1.807, 2.05) is 4.90 Å². The minimum Gasteiger partial charge on any atom is -0.355 e. The first-order chi connectivity index (χ1) is 11.6. The minimum atomic E-state index is 0.101. The SMILES string of the molecule is CC(=O)N1CCCC1C1CCCN1CC(=O)NCCc1ccsc1. The van der Waals surface area contributed by atoms with Gasteiger partial charge in [0.25, 0.3) is 0 Å². The van der Waals surface area contributed by atoms with Crippen LogP contribution in [0, 0.1) is 0 Å². The third kappa shape index (κ3) is 4.16. The Morgan fingerprint density at radius 2 is 2.04 bits per heavy atom. The molecule has 1 aromatic heterocycles. The van der Waals surface area contributed by atoms with Crippen molar-refractivity contribution in [3.05, 3.63) is 22.4 Å². The number of amides is 2. The number of hydrogen-bond acceptors (Lipinski definition) is 4. The first kappa shape index (κ1) is 17.4. The van der Waals surface area contributed by atoms with Crippen molar-refractivity contribution in [2.45, 2.75) is 51.1 Å². The molecule has 2 fully saturated rings. The molecule has 0 spiro atoms. The molecule has 0 radical (unpaired) electrons. The van der Waals surface area contributed by atoms with Gasteiger partial charge in [-0.05, 0) is 61.0 Å². The number of hydrogen-bond donors (Lipinski definition) is 1. The molecule has 5 nitrogen and oxygen atoms in total. The largest absolute Gasteiger partial charge is 0.355 e. The summed E-state index contributed by atoms with van der Waals surface area (Å²) >= 11 is 1.69. The Bertz CT molecular complexity index is 561. The lowest BCUT2D eigenvalue weighted by atomic mass is 10.0. The molecule has 3 heterocycles. The fourth-order valence-electron chi connectivity index (χ4n) is 4.09. The molecule has 2 unspecified atom stereocenters. The number of rotatable bonds is 6. The van der Waals surface area contributed by atoms with Crippen molar-refractivity contribution in [1.82, 2.24) is 15.1 Å². The number of nitrogens with zero attached hydrogens (tertiary/aromatic N) is 2. The molecular weight excluding hydrogens is 322 g/mol. The molecule has 0 aliphatic carbocycles. The number of carbonyl (C=O) groups excluding carboxylic acids is 2. The van der Waals surface area contributed by atoms with Gasteiger partial charge in [-0.2, -0.15) is 11.3 Å². The normalized spacial score (nSPS) is 24.5. The van der Waals surface area contributed by atoms with Crippen LogP contribution in [0.25, 0.3) is 0 Å². The van der Waals surface area contributed by atoms with Gasteiger partial charge < -0.3 is 10.2 Å². The molecule has 0 saturated carbocycles. The fourth-order valence-corrected chi connectivity index (χ4v) is 4.79. The molecule has 2 aliphatic heterocycles. The van der Waals surface area contributed by atoms with Crippen LogP contribution in [0.1, 0.15) is 38.2 Å². The third-order valence-corrected chi connectivity index (χ3v) is 5.96. The molecular formula is C18H27N3O2S. The van der Waals surface area contributed by atoms with E-state index in [1.165, 1.54) is 5.56 Å². The first-order valence-corrected chi connectivity index (χ1v) is 9.88. The van der Waals surface area contributed by atoms with E-state index in [2.05, 4.69) is 27.0 Å². The van der Waals surface area contributed by atoms with Crippen LogP contribution in [0.15, 0.2) is 16.8 Å². The lowest BCUT2D eigenvalue weighted by Gasteiger charge is -2.34. The van der Waals surface area contributed by atoms with E-state index in [4.69, 9.17) is 0 Å². The predicted octanol–water partition coefficient (Wildman–Crippen LogP) is 1.88. The van der Waals surface area contributed by atoms with E-state index in [0.717, 1.165) is 45.2 Å². The summed E-state index contributed by atoms with van der Waals surface area (Å²) in [5, 5.41) is 7.22. The molecule has 1 aromatic rings. The van der Waals surface area contributed by atoms with Crippen molar-refractivity contribution in [3.63, 3.8) is 0 Å². The van der Waals surface area contributed by atoms with Crippen LogP contribution < -0.4 is 5.32 Å². The second-order valence-corrected chi connectivity index (χ2v) is 7.61. The summed E-state index contributed by atoms with van der Waals surface area (Å²) in [5.41, 5.74) is 1.28. The molecule has 132 valence electrons. The highest BCUT2D eigenvalue weighted by Crippen LogP contribution is 2.29. The molecule has 2 atom stereocenters. The zero-order chi connectivity index (χ0) is 16.9. The van der Waals surface area contributed by atoms with E-state index < -0.39 is 0 Å². The maximum absolute atomic E-state index is 12.3. The zero-order valence-corrected chi connectivity index (χ0v) is 15.2. The minimum absolute atomic E-state index is 0.101. The number of carbonyl (C=O) groups is 2. The average molecular weight is 350 g/mol. The monoisotopic (exact) mass is 349 g/mol. The standard InChI is InChI=1S/C18H27N3O2S/c1-14(22)21-10-3-5-17(21)16-4-2-9-20(16)12-18(23)19-8-6-15-7-11-24-13-15/h7,11,13,16-17H,2-6,8-10,12H2,1H3,(H,19,23). The van der Waals surface area contributed by atoms with Crippen LogP contribution in [0.3, 0.4) is 0 Å². The van der Waals surface area contributed by atoms with Gasteiger partial charge in [-0.1, -0.05) is 0 Å². The van der Waals surface area contributed by atoms with Gasteiger partial charge in [0.15, 0.2) is 0 Å². The third-order valence-electron chi connectivity index (χ3n) is 5.22. The van der Waals surface area contributed by atoms with Gasteiger partial charge in [-0.25, -0.2) is 0 Å². The Morgan fingerprint density at radius 3 is 2.79 bits per heavy atom. The second-order valence-electron chi connectivity index (χ2n) is 6.83. The molecule has 1 N–H and O–H groups in total. The van der Waals surface area contributed by atoms with Gasteiger partial charge in [-0.15, -0.1) is 0 Å². The predicted molar refractivity (Wildman–Crippen MR) is 96.0 cm³/mol. The van der Waals surface area contributed by atoms with E-state index >= 15 is 0 Å². The average Bonchev–Trinajstić information content (AvgIpc) is 3.28. The molecule has 0 aromatic carbocycles. The van der Waals surface area contributed by atoms with Crippen molar-refractivity contribution in [2.24, 2.45) is 0 Å². The number of nitrogens with one attached hydrogen (secondary N) is 1. The van der Waals surface area contributed by atoms with Gasteiger partial charge >= 0.3 is 0 Å². The van der Waals surface area contributed by atoms with Crippen LogP contribution >= 0.6 is 11.3 Å². The van der Waals surface area contributed by atoms with E-state index in [1.54, 1.807) is 18.3 Å². The van der Waals surface area contributed by atoms with Crippen molar-refractivity contribution in [1.29, 1.82) is 0 Å². The smallest absolute Gasteiger partial charge is 0.234 e. The molecule has 2 saturated heterocycles. The van der Waals surface area contributed by atoms with Crippen LogP contribution in [0.4, 0.5) is 0 Å². The summed E-state index contributed by atoms with van der Waals surface area (Å²) in [4.78, 5) is 28.4. The molecule has 2 amide bonds. The van der Waals surface area contributed by atoms with Gasteiger partial charge in [0.2, 0.25) is 11.8 Å². The maximum atomic E-state index is 12.3. The first-order valence-electron chi connectivity index (χ1n) is 8.94. The summed E-state index contributed by atoms with van der Waals surface area (Å²) in [6.45, 7) is 4.64. The van der Waals surface area contributed by atoms with Crippen molar-refractivity contribution >= 4 is 23.2 Å². The molecule has 24 heavy (non-hydrogen) atoms. The van der Waals surface area contributed by atoms with E-state index in [-0.39, 0.29) is 11.8 Å². The molecule has 0 bridgehead atoms.